The molecule has 0 aromatic carbocycles. The lowest BCUT2D eigenvalue weighted by Crippen LogP contribution is -2.30. The summed E-state index contributed by atoms with van der Waals surface area (Å²) in [4.78, 5) is 2.61. The first-order valence-corrected chi connectivity index (χ1v) is 5.28. The molecule has 2 aliphatic rings. The van der Waals surface area contributed by atoms with E-state index < -0.39 is 0 Å². The van der Waals surface area contributed by atoms with Crippen molar-refractivity contribution in [1.29, 1.82) is 0 Å². The Bertz CT molecular complexity index is 179. The molecule has 0 radical (unpaired) electrons. The van der Waals surface area contributed by atoms with Crippen LogP contribution >= 0.6 is 0 Å². The van der Waals surface area contributed by atoms with Crippen LogP contribution in [0.3, 0.4) is 0 Å². The highest BCUT2D eigenvalue weighted by Gasteiger charge is 2.24. The molecule has 1 aliphatic carbocycles. The maximum absolute atomic E-state index is 2.61. The van der Waals surface area contributed by atoms with E-state index in [0.717, 1.165) is 5.92 Å². The molecule has 1 fully saturated rings. The molecule has 0 aromatic rings. The number of nitrogens with zero attached hydrogens (tertiary/aromatic N) is 1. The highest BCUT2D eigenvalue weighted by atomic mass is 15.1. The summed E-state index contributed by atoms with van der Waals surface area (Å²) in [5, 5.41) is 0. The fourth-order valence-corrected chi connectivity index (χ4v) is 1.91. The molecule has 1 saturated carbocycles. The zero-order valence-corrected chi connectivity index (χ0v) is 8.05. The molecule has 0 bridgehead atoms. The Morgan fingerprint density at radius 1 is 1.50 bits per heavy atom. The Labute approximate surface area is 75.4 Å². The Hall–Kier alpha value is -0.300. The fraction of sp³-hybridized carbons (Fsp3) is 0.818. The van der Waals surface area contributed by atoms with Gasteiger partial charge in [0.1, 0.15) is 0 Å². The van der Waals surface area contributed by atoms with Crippen LogP contribution in [0.2, 0.25) is 0 Å². The van der Waals surface area contributed by atoms with Crippen molar-refractivity contribution in [1.82, 2.24) is 4.90 Å². The van der Waals surface area contributed by atoms with Crippen LogP contribution in [0.4, 0.5) is 0 Å². The van der Waals surface area contributed by atoms with Gasteiger partial charge in [-0.3, -0.25) is 4.90 Å². The Morgan fingerprint density at radius 3 is 2.83 bits per heavy atom. The molecule has 1 heterocycles. The standard InChI is InChI=1S/C11H19N/c1-2-10-5-7-12(8-6-10)9-11-3-4-11/h5,11H,2-4,6-9H2,1H3. The van der Waals surface area contributed by atoms with Gasteiger partial charge in [-0.1, -0.05) is 18.6 Å². The number of hydrogen-bond donors (Lipinski definition) is 0. The average Bonchev–Trinajstić information content (AvgIpc) is 2.90. The monoisotopic (exact) mass is 165 g/mol. The van der Waals surface area contributed by atoms with Gasteiger partial charge in [-0.15, -0.1) is 0 Å². The Balaban J connectivity index is 1.77. The predicted octanol–water partition coefficient (Wildman–Crippen LogP) is 2.44. The first-order valence-electron chi connectivity index (χ1n) is 5.28. The van der Waals surface area contributed by atoms with Crippen LogP contribution in [0, 0.1) is 5.92 Å². The molecule has 2 rings (SSSR count). The smallest absolute Gasteiger partial charge is 0.0166 e. The van der Waals surface area contributed by atoms with Gasteiger partial charge in [-0.25, -0.2) is 0 Å². The third-order valence-corrected chi connectivity index (χ3v) is 3.05. The lowest BCUT2D eigenvalue weighted by atomic mass is 10.1. The van der Waals surface area contributed by atoms with E-state index in [1.165, 1.54) is 45.3 Å². The topological polar surface area (TPSA) is 3.24 Å². The van der Waals surface area contributed by atoms with E-state index in [1.807, 2.05) is 0 Å². The molecular weight excluding hydrogens is 146 g/mol. The molecule has 0 atom stereocenters. The van der Waals surface area contributed by atoms with Crippen LogP contribution in [-0.4, -0.2) is 24.5 Å². The zero-order chi connectivity index (χ0) is 8.39. The first kappa shape index (κ1) is 8.31. The molecular formula is C11H19N. The van der Waals surface area contributed by atoms with E-state index >= 15 is 0 Å². The second-order valence-electron chi connectivity index (χ2n) is 4.17. The van der Waals surface area contributed by atoms with Crippen LogP contribution < -0.4 is 0 Å². The maximum Gasteiger partial charge on any atom is 0.0166 e. The second-order valence-corrected chi connectivity index (χ2v) is 4.17. The van der Waals surface area contributed by atoms with Crippen molar-refractivity contribution in [3.05, 3.63) is 11.6 Å². The van der Waals surface area contributed by atoms with Gasteiger partial charge >= 0.3 is 0 Å². The van der Waals surface area contributed by atoms with E-state index in [0.29, 0.717) is 0 Å². The maximum atomic E-state index is 2.61. The van der Waals surface area contributed by atoms with Gasteiger partial charge in [0.15, 0.2) is 0 Å². The van der Waals surface area contributed by atoms with Crippen molar-refractivity contribution in [2.75, 3.05) is 19.6 Å². The molecule has 0 unspecified atom stereocenters. The lowest BCUT2D eigenvalue weighted by molar-refractivity contribution is 0.281. The molecule has 0 amide bonds. The van der Waals surface area contributed by atoms with Gasteiger partial charge in [-0.05, 0) is 31.6 Å². The molecule has 0 N–H and O–H groups in total. The molecule has 12 heavy (non-hydrogen) atoms. The first-order chi connectivity index (χ1) is 5.88. The van der Waals surface area contributed by atoms with E-state index in [1.54, 1.807) is 5.57 Å². The van der Waals surface area contributed by atoms with Crippen LogP contribution in [-0.2, 0) is 0 Å². The van der Waals surface area contributed by atoms with Crippen molar-refractivity contribution in [2.24, 2.45) is 5.92 Å². The summed E-state index contributed by atoms with van der Waals surface area (Å²) in [6.45, 7) is 6.17. The minimum Gasteiger partial charge on any atom is -0.299 e. The Kier molecular flexibility index (Phi) is 2.50. The molecule has 0 saturated heterocycles. The van der Waals surface area contributed by atoms with Crippen LogP contribution in [0.25, 0.3) is 0 Å². The third-order valence-electron chi connectivity index (χ3n) is 3.05. The van der Waals surface area contributed by atoms with E-state index in [2.05, 4.69) is 17.9 Å². The van der Waals surface area contributed by atoms with Crippen LogP contribution in [0.1, 0.15) is 32.6 Å². The number of rotatable bonds is 3. The van der Waals surface area contributed by atoms with E-state index in [-0.39, 0.29) is 0 Å². The fourth-order valence-electron chi connectivity index (χ4n) is 1.91. The van der Waals surface area contributed by atoms with Gasteiger partial charge in [0.05, 0.1) is 0 Å². The molecule has 0 spiro atoms. The van der Waals surface area contributed by atoms with Gasteiger partial charge in [0.25, 0.3) is 0 Å². The highest BCUT2D eigenvalue weighted by Crippen LogP contribution is 2.30. The van der Waals surface area contributed by atoms with Gasteiger partial charge in [0, 0.05) is 19.6 Å². The third kappa shape index (κ3) is 2.10. The largest absolute Gasteiger partial charge is 0.299 e. The van der Waals surface area contributed by atoms with E-state index in [4.69, 9.17) is 0 Å². The predicted molar refractivity (Wildman–Crippen MR) is 52.2 cm³/mol. The molecule has 1 aliphatic heterocycles. The normalized spacial score (nSPS) is 25.6. The van der Waals surface area contributed by atoms with Gasteiger partial charge < -0.3 is 0 Å². The van der Waals surface area contributed by atoms with Crippen molar-refractivity contribution in [3.63, 3.8) is 0 Å². The highest BCUT2D eigenvalue weighted by molar-refractivity contribution is 5.06. The number of hydrogen-bond acceptors (Lipinski definition) is 1. The van der Waals surface area contributed by atoms with Gasteiger partial charge in [0.2, 0.25) is 0 Å². The lowest BCUT2D eigenvalue weighted by Gasteiger charge is -2.25. The van der Waals surface area contributed by atoms with Gasteiger partial charge in [-0.2, -0.15) is 0 Å². The summed E-state index contributed by atoms with van der Waals surface area (Å²) in [6.07, 6.45) is 7.99. The summed E-state index contributed by atoms with van der Waals surface area (Å²) < 4.78 is 0. The minimum atomic E-state index is 1.06. The van der Waals surface area contributed by atoms with Crippen LogP contribution in [0.15, 0.2) is 11.6 Å². The molecule has 68 valence electrons. The summed E-state index contributed by atoms with van der Waals surface area (Å²) >= 11 is 0. The van der Waals surface area contributed by atoms with Crippen LogP contribution in [0.5, 0.6) is 0 Å². The average molecular weight is 165 g/mol. The summed E-state index contributed by atoms with van der Waals surface area (Å²) in [6, 6.07) is 0. The SMILES string of the molecule is CCC1=CCN(CC2CC2)CC1. The summed E-state index contributed by atoms with van der Waals surface area (Å²) in [5.74, 6) is 1.06. The summed E-state index contributed by atoms with van der Waals surface area (Å²) in [5.41, 5.74) is 1.67. The zero-order valence-electron chi connectivity index (χ0n) is 8.05. The van der Waals surface area contributed by atoms with E-state index in [9.17, 15) is 0 Å². The van der Waals surface area contributed by atoms with Crippen molar-refractivity contribution < 1.29 is 0 Å². The van der Waals surface area contributed by atoms with Crippen molar-refractivity contribution in [2.45, 2.75) is 32.6 Å². The molecule has 1 heteroatoms. The second kappa shape index (κ2) is 3.61. The van der Waals surface area contributed by atoms with Crippen molar-refractivity contribution >= 4 is 0 Å². The minimum absolute atomic E-state index is 1.06. The molecule has 1 nitrogen and oxygen atoms in total. The summed E-state index contributed by atoms with van der Waals surface area (Å²) in [7, 11) is 0. The quantitative estimate of drug-likeness (QED) is 0.581. The molecule has 0 aromatic heterocycles. The van der Waals surface area contributed by atoms with Crippen molar-refractivity contribution in [3.8, 4) is 0 Å². The Morgan fingerprint density at radius 2 is 2.33 bits per heavy atom.